The third-order valence-electron chi connectivity index (χ3n) is 6.04. The fourth-order valence-electron chi connectivity index (χ4n) is 4.54. The second-order valence-electron chi connectivity index (χ2n) is 8.31. The molecule has 156 valence electrons. The van der Waals surface area contributed by atoms with Gasteiger partial charge in [-0.05, 0) is 69.3 Å². The van der Waals surface area contributed by atoms with E-state index in [1.54, 1.807) is 7.11 Å². The van der Waals surface area contributed by atoms with Crippen LogP contribution in [0.25, 0.3) is 0 Å². The van der Waals surface area contributed by atoms with Gasteiger partial charge in [-0.15, -0.1) is 0 Å². The number of methoxy groups -OCH3 is 1. The molecule has 0 saturated carbocycles. The Morgan fingerprint density at radius 3 is 2.59 bits per heavy atom. The molecule has 1 aromatic heterocycles. The first-order valence-corrected chi connectivity index (χ1v) is 10.8. The van der Waals surface area contributed by atoms with Crippen molar-refractivity contribution in [1.82, 2.24) is 20.2 Å². The highest BCUT2D eigenvalue weighted by molar-refractivity contribution is 5.44. The summed E-state index contributed by atoms with van der Waals surface area (Å²) in [5.74, 6) is 2.80. The van der Waals surface area contributed by atoms with Crippen molar-refractivity contribution in [3.8, 4) is 5.75 Å². The Morgan fingerprint density at radius 1 is 1.10 bits per heavy atom. The van der Waals surface area contributed by atoms with Gasteiger partial charge in [-0.1, -0.05) is 6.07 Å². The Morgan fingerprint density at radius 2 is 1.90 bits per heavy atom. The predicted octanol–water partition coefficient (Wildman–Crippen LogP) is 3.46. The first-order chi connectivity index (χ1) is 14.2. The van der Waals surface area contributed by atoms with Gasteiger partial charge in [0.2, 0.25) is 0 Å². The number of ether oxygens (including phenoxy) is 1. The minimum absolute atomic E-state index is 0.271. The molecular weight excluding hydrogens is 362 g/mol. The van der Waals surface area contributed by atoms with Crippen molar-refractivity contribution in [3.05, 3.63) is 46.4 Å². The Kier molecular flexibility index (Phi) is 6.31. The first-order valence-electron chi connectivity index (χ1n) is 10.8. The monoisotopic (exact) mass is 395 g/mol. The number of hydrogen-bond donors (Lipinski definition) is 2. The van der Waals surface area contributed by atoms with E-state index in [2.05, 4.69) is 45.8 Å². The Balaban J connectivity index is 1.51. The average Bonchev–Trinajstić information content (AvgIpc) is 3.28. The van der Waals surface area contributed by atoms with Crippen molar-refractivity contribution in [3.63, 3.8) is 0 Å². The van der Waals surface area contributed by atoms with Crippen LogP contribution in [0, 0.1) is 0 Å². The standard InChI is InChI=1S/C23H33N5O/c1-24-22-13-19(26-23(27-22)20-9-6-10-25-20)15-28(2)14-18-11-16-7-4-5-8-17(16)12-21(18)29-3/h11-13,20,25H,4-10,14-15H2,1-3H3,(H,24,26,27). The molecular formula is C23H33N5O. The smallest absolute Gasteiger partial charge is 0.147 e. The quantitative estimate of drug-likeness (QED) is 0.749. The number of nitrogens with one attached hydrogen (secondary N) is 2. The molecule has 1 unspecified atom stereocenters. The van der Waals surface area contributed by atoms with E-state index < -0.39 is 0 Å². The third-order valence-corrected chi connectivity index (χ3v) is 6.04. The molecule has 1 saturated heterocycles. The van der Waals surface area contributed by atoms with Gasteiger partial charge in [-0.25, -0.2) is 9.97 Å². The van der Waals surface area contributed by atoms with Crippen LogP contribution in [0.1, 0.15) is 59.9 Å². The maximum absolute atomic E-state index is 5.72. The summed E-state index contributed by atoms with van der Waals surface area (Å²) in [6.07, 6.45) is 7.23. The molecule has 6 nitrogen and oxygen atoms in total. The summed E-state index contributed by atoms with van der Waals surface area (Å²) < 4.78 is 5.72. The van der Waals surface area contributed by atoms with Gasteiger partial charge in [0.15, 0.2) is 0 Å². The molecule has 2 N–H and O–H groups in total. The number of fused-ring (bicyclic) bond motifs is 1. The zero-order valence-corrected chi connectivity index (χ0v) is 17.9. The second kappa shape index (κ2) is 9.09. The minimum Gasteiger partial charge on any atom is -0.496 e. The lowest BCUT2D eigenvalue weighted by Crippen LogP contribution is -2.21. The van der Waals surface area contributed by atoms with E-state index >= 15 is 0 Å². The lowest BCUT2D eigenvalue weighted by Gasteiger charge is -2.23. The first kappa shape index (κ1) is 20.1. The highest BCUT2D eigenvalue weighted by Gasteiger charge is 2.21. The zero-order chi connectivity index (χ0) is 20.2. The molecule has 0 spiro atoms. The maximum atomic E-state index is 5.72. The van der Waals surface area contributed by atoms with Gasteiger partial charge >= 0.3 is 0 Å². The highest BCUT2D eigenvalue weighted by Crippen LogP contribution is 2.30. The van der Waals surface area contributed by atoms with Crippen molar-refractivity contribution in [1.29, 1.82) is 0 Å². The summed E-state index contributed by atoms with van der Waals surface area (Å²) in [4.78, 5) is 11.9. The van der Waals surface area contributed by atoms with Crippen molar-refractivity contribution < 1.29 is 4.74 Å². The van der Waals surface area contributed by atoms with Gasteiger partial charge in [-0.2, -0.15) is 0 Å². The van der Waals surface area contributed by atoms with Gasteiger partial charge in [-0.3, -0.25) is 4.90 Å². The molecule has 29 heavy (non-hydrogen) atoms. The molecule has 0 radical (unpaired) electrons. The van der Waals surface area contributed by atoms with Crippen molar-refractivity contribution >= 4 is 5.82 Å². The maximum Gasteiger partial charge on any atom is 0.147 e. The van der Waals surface area contributed by atoms with Crippen LogP contribution >= 0.6 is 0 Å². The summed E-state index contributed by atoms with van der Waals surface area (Å²) >= 11 is 0. The number of anilines is 1. The van der Waals surface area contributed by atoms with E-state index in [1.807, 2.05) is 7.05 Å². The molecule has 2 aliphatic rings. The average molecular weight is 396 g/mol. The fraction of sp³-hybridized carbons (Fsp3) is 0.565. The van der Waals surface area contributed by atoms with E-state index in [0.717, 1.165) is 49.1 Å². The number of benzene rings is 1. The topological polar surface area (TPSA) is 62.3 Å². The molecule has 6 heteroatoms. The van der Waals surface area contributed by atoms with Crippen LogP contribution in [0.3, 0.4) is 0 Å². The fourth-order valence-corrected chi connectivity index (χ4v) is 4.54. The molecule has 1 atom stereocenters. The van der Waals surface area contributed by atoms with Gasteiger partial charge in [0.1, 0.15) is 17.4 Å². The van der Waals surface area contributed by atoms with Crippen LogP contribution in [0.5, 0.6) is 5.75 Å². The Hall–Kier alpha value is -2.18. The largest absolute Gasteiger partial charge is 0.496 e. The summed E-state index contributed by atoms with van der Waals surface area (Å²) in [7, 11) is 5.84. The highest BCUT2D eigenvalue weighted by atomic mass is 16.5. The van der Waals surface area contributed by atoms with Crippen LogP contribution in [-0.4, -0.2) is 42.6 Å². The molecule has 1 aliphatic carbocycles. The minimum atomic E-state index is 0.271. The molecule has 1 aliphatic heterocycles. The SMILES string of the molecule is CNc1cc(CN(C)Cc2cc3c(cc2OC)CCCC3)nc(C2CCCN2)n1. The van der Waals surface area contributed by atoms with Crippen LogP contribution in [0.2, 0.25) is 0 Å². The molecule has 0 amide bonds. The summed E-state index contributed by atoms with van der Waals surface area (Å²) in [5, 5.41) is 6.69. The van der Waals surface area contributed by atoms with E-state index in [4.69, 9.17) is 9.72 Å². The summed E-state index contributed by atoms with van der Waals surface area (Å²) in [5.41, 5.74) is 5.26. The van der Waals surface area contributed by atoms with E-state index in [0.29, 0.717) is 0 Å². The molecule has 4 rings (SSSR count). The Labute approximate surface area is 174 Å². The van der Waals surface area contributed by atoms with Crippen LogP contribution in [0.4, 0.5) is 5.82 Å². The number of hydrogen-bond acceptors (Lipinski definition) is 6. The van der Waals surface area contributed by atoms with Crippen molar-refractivity contribution in [2.24, 2.45) is 0 Å². The van der Waals surface area contributed by atoms with Crippen LogP contribution in [-0.2, 0) is 25.9 Å². The second-order valence-corrected chi connectivity index (χ2v) is 8.31. The lowest BCUT2D eigenvalue weighted by molar-refractivity contribution is 0.305. The van der Waals surface area contributed by atoms with Gasteiger partial charge in [0.25, 0.3) is 0 Å². The molecule has 0 bridgehead atoms. The Bertz CT molecular complexity index is 847. The van der Waals surface area contributed by atoms with Crippen molar-refractivity contribution in [2.45, 2.75) is 57.7 Å². The van der Waals surface area contributed by atoms with Crippen LogP contribution in [0.15, 0.2) is 18.2 Å². The molecule has 1 fully saturated rings. The van der Waals surface area contributed by atoms with E-state index in [9.17, 15) is 0 Å². The number of rotatable bonds is 7. The normalized spacial score (nSPS) is 18.7. The predicted molar refractivity (Wildman–Crippen MR) is 116 cm³/mol. The van der Waals surface area contributed by atoms with Gasteiger partial charge in [0.05, 0.1) is 18.8 Å². The molecule has 2 heterocycles. The summed E-state index contributed by atoms with van der Waals surface area (Å²) in [6, 6.07) is 6.94. The third kappa shape index (κ3) is 4.70. The number of aromatic nitrogens is 2. The van der Waals surface area contributed by atoms with Gasteiger partial charge in [0, 0.05) is 31.8 Å². The van der Waals surface area contributed by atoms with Crippen molar-refractivity contribution in [2.75, 3.05) is 33.1 Å². The summed E-state index contributed by atoms with van der Waals surface area (Å²) in [6.45, 7) is 2.66. The van der Waals surface area contributed by atoms with E-state index in [1.165, 1.54) is 48.8 Å². The zero-order valence-electron chi connectivity index (χ0n) is 17.9. The lowest BCUT2D eigenvalue weighted by atomic mass is 9.90. The van der Waals surface area contributed by atoms with Crippen LogP contribution < -0.4 is 15.4 Å². The van der Waals surface area contributed by atoms with Gasteiger partial charge < -0.3 is 15.4 Å². The molecule has 2 aromatic rings. The van der Waals surface area contributed by atoms with E-state index in [-0.39, 0.29) is 6.04 Å². The number of aryl methyl sites for hydroxylation is 2. The molecule has 1 aromatic carbocycles. The number of nitrogens with zero attached hydrogens (tertiary/aromatic N) is 3.